The molecule has 0 fully saturated rings. The van der Waals surface area contributed by atoms with Crippen LogP contribution >= 0.6 is 15.9 Å². The number of anilines is 1. The number of amidine groups is 1. The Kier molecular flexibility index (Phi) is 4.33. The third-order valence-corrected chi connectivity index (χ3v) is 2.30. The number of nitrogens with two attached hydrogens (primary N) is 1. The average molecular weight is 311 g/mol. The highest BCUT2D eigenvalue weighted by Gasteiger charge is 2.14. The van der Waals surface area contributed by atoms with Crippen molar-refractivity contribution in [3.63, 3.8) is 0 Å². The number of benzene rings is 1. The third kappa shape index (κ3) is 3.26. The first-order chi connectivity index (χ1) is 8.45. The number of nitrogens with one attached hydrogen (secondary N) is 2. The number of halogens is 1. The summed E-state index contributed by atoms with van der Waals surface area (Å²) in [5, 5.41) is 30.0. The third-order valence-electron chi connectivity index (χ3n) is 1.81. The molecule has 0 saturated heterocycles. The van der Waals surface area contributed by atoms with Crippen molar-refractivity contribution >= 4 is 38.9 Å². The predicted molar refractivity (Wildman–Crippen MR) is 69.4 cm³/mol. The molecule has 0 heterocycles. The van der Waals surface area contributed by atoms with Crippen molar-refractivity contribution in [2.45, 2.75) is 0 Å². The predicted octanol–water partition coefficient (Wildman–Crippen LogP) is 1.58. The van der Waals surface area contributed by atoms with Gasteiger partial charge in [-0.2, -0.15) is 10.4 Å². The Labute approximate surface area is 110 Å². The average Bonchev–Trinajstić information content (AvgIpc) is 2.30. The molecule has 0 atom stereocenters. The number of nitrogens with zero attached hydrogens (tertiary/aromatic N) is 3. The normalized spacial score (nSPS) is 10.6. The van der Waals surface area contributed by atoms with Gasteiger partial charge in [0.15, 0.2) is 5.84 Å². The number of hydrogen-bond acceptors (Lipinski definition) is 6. The number of nitro groups is 1. The van der Waals surface area contributed by atoms with E-state index in [1.165, 1.54) is 12.1 Å². The smallest absolute Gasteiger partial charge is 0.295 e. The molecular weight excluding hydrogens is 304 g/mol. The summed E-state index contributed by atoms with van der Waals surface area (Å²) < 4.78 is 0.538. The van der Waals surface area contributed by atoms with Crippen LogP contribution in [-0.2, 0) is 0 Å². The van der Waals surface area contributed by atoms with Crippen LogP contribution in [0.3, 0.4) is 0 Å². The zero-order chi connectivity index (χ0) is 13.7. The minimum absolute atomic E-state index is 0.0946. The van der Waals surface area contributed by atoms with E-state index in [9.17, 15) is 10.1 Å². The summed E-state index contributed by atoms with van der Waals surface area (Å²) in [6.45, 7) is 0. The van der Waals surface area contributed by atoms with Gasteiger partial charge in [0.25, 0.3) is 5.69 Å². The highest BCUT2D eigenvalue weighted by Crippen LogP contribution is 2.27. The molecule has 0 unspecified atom stereocenters. The standard InChI is InChI=1S/C9H7BrN6O2/c10-5-1-2-6(8(3-5)16(17)18)14-15-7(4-11)9(12)13/h1-3,14H,(H3,12,13)/b15-7+. The van der Waals surface area contributed by atoms with E-state index in [0.717, 1.165) is 0 Å². The lowest BCUT2D eigenvalue weighted by molar-refractivity contribution is -0.384. The lowest BCUT2D eigenvalue weighted by Gasteiger charge is -2.02. The van der Waals surface area contributed by atoms with Crippen LogP contribution in [0.2, 0.25) is 0 Å². The van der Waals surface area contributed by atoms with E-state index < -0.39 is 10.8 Å². The first kappa shape index (κ1) is 13.6. The van der Waals surface area contributed by atoms with Gasteiger partial charge >= 0.3 is 0 Å². The molecule has 0 aliphatic heterocycles. The SMILES string of the molecule is N#C/C(=N\Nc1ccc(Br)cc1[N+](=O)[O-])C(=N)N. The van der Waals surface area contributed by atoms with Crippen molar-refractivity contribution in [1.82, 2.24) is 0 Å². The molecule has 0 radical (unpaired) electrons. The number of nitro benzene ring substituents is 1. The minimum Gasteiger partial charge on any atom is -0.382 e. The minimum atomic E-state index is -0.595. The van der Waals surface area contributed by atoms with Crippen molar-refractivity contribution in [3.8, 4) is 6.07 Å². The van der Waals surface area contributed by atoms with E-state index in [4.69, 9.17) is 16.4 Å². The maximum Gasteiger partial charge on any atom is 0.295 e. The van der Waals surface area contributed by atoms with Gasteiger partial charge in [-0.05, 0) is 12.1 Å². The molecule has 18 heavy (non-hydrogen) atoms. The summed E-state index contributed by atoms with van der Waals surface area (Å²) in [7, 11) is 0. The van der Waals surface area contributed by atoms with Gasteiger partial charge in [0.05, 0.1) is 4.92 Å². The van der Waals surface area contributed by atoms with E-state index in [1.807, 2.05) is 0 Å². The van der Waals surface area contributed by atoms with Gasteiger partial charge in [-0.25, -0.2) is 0 Å². The quantitative estimate of drug-likeness (QED) is 0.335. The van der Waals surface area contributed by atoms with Crippen molar-refractivity contribution in [2.75, 3.05) is 5.43 Å². The van der Waals surface area contributed by atoms with Crippen LogP contribution in [0.15, 0.2) is 27.8 Å². The van der Waals surface area contributed by atoms with Gasteiger partial charge < -0.3 is 5.73 Å². The Morgan fingerprint density at radius 3 is 2.83 bits per heavy atom. The van der Waals surface area contributed by atoms with E-state index in [1.54, 1.807) is 12.1 Å². The molecule has 0 aliphatic rings. The molecule has 0 aromatic heterocycles. The fourth-order valence-electron chi connectivity index (χ4n) is 1.01. The lowest BCUT2D eigenvalue weighted by Crippen LogP contribution is -2.21. The molecule has 0 bridgehead atoms. The molecule has 0 spiro atoms. The van der Waals surface area contributed by atoms with Crippen LogP contribution in [0.5, 0.6) is 0 Å². The molecule has 0 aliphatic carbocycles. The summed E-state index contributed by atoms with van der Waals surface area (Å²) in [4.78, 5) is 10.2. The maximum atomic E-state index is 10.8. The Balaban J connectivity index is 3.09. The van der Waals surface area contributed by atoms with Gasteiger partial charge in [0.1, 0.15) is 11.8 Å². The maximum absolute atomic E-state index is 10.8. The molecule has 0 amide bonds. The van der Waals surface area contributed by atoms with Crippen LogP contribution < -0.4 is 11.2 Å². The second kappa shape index (κ2) is 5.74. The number of hydrazone groups is 1. The summed E-state index contributed by atoms with van der Waals surface area (Å²) in [6, 6.07) is 5.87. The molecule has 9 heteroatoms. The van der Waals surface area contributed by atoms with Crippen LogP contribution in [0.1, 0.15) is 0 Å². The summed E-state index contributed by atoms with van der Waals surface area (Å²) in [5.41, 5.74) is 6.94. The monoisotopic (exact) mass is 310 g/mol. The van der Waals surface area contributed by atoms with Crippen molar-refractivity contribution < 1.29 is 4.92 Å². The molecule has 92 valence electrons. The molecule has 4 N–H and O–H groups in total. The van der Waals surface area contributed by atoms with E-state index in [-0.39, 0.29) is 17.1 Å². The second-order valence-corrected chi connectivity index (χ2v) is 3.93. The van der Waals surface area contributed by atoms with Crippen molar-refractivity contribution in [1.29, 1.82) is 10.7 Å². The second-order valence-electron chi connectivity index (χ2n) is 3.02. The van der Waals surface area contributed by atoms with Gasteiger partial charge in [-0.3, -0.25) is 20.9 Å². The Morgan fingerprint density at radius 2 is 2.33 bits per heavy atom. The number of hydrogen-bond donors (Lipinski definition) is 3. The Morgan fingerprint density at radius 1 is 1.67 bits per heavy atom. The molecule has 8 nitrogen and oxygen atoms in total. The zero-order valence-corrected chi connectivity index (χ0v) is 10.4. The molecular formula is C9H7BrN6O2. The van der Waals surface area contributed by atoms with E-state index in [0.29, 0.717) is 4.47 Å². The van der Waals surface area contributed by atoms with Gasteiger partial charge in [-0.1, -0.05) is 15.9 Å². The Hall–Kier alpha value is -2.47. The largest absolute Gasteiger partial charge is 0.382 e. The molecule has 1 rings (SSSR count). The van der Waals surface area contributed by atoms with E-state index in [2.05, 4.69) is 26.5 Å². The van der Waals surface area contributed by atoms with Crippen LogP contribution in [0.25, 0.3) is 0 Å². The van der Waals surface area contributed by atoms with Gasteiger partial charge in [0, 0.05) is 10.5 Å². The first-order valence-corrected chi connectivity index (χ1v) is 5.27. The Bertz CT molecular complexity index is 577. The van der Waals surface area contributed by atoms with Crippen LogP contribution in [0, 0.1) is 26.9 Å². The summed E-state index contributed by atoms with van der Waals surface area (Å²) in [6.07, 6.45) is 0. The van der Waals surface area contributed by atoms with Crippen LogP contribution in [0.4, 0.5) is 11.4 Å². The highest BCUT2D eigenvalue weighted by molar-refractivity contribution is 9.10. The van der Waals surface area contributed by atoms with Crippen molar-refractivity contribution in [2.24, 2.45) is 10.8 Å². The number of nitriles is 1. The molecule has 1 aromatic carbocycles. The van der Waals surface area contributed by atoms with Crippen LogP contribution in [-0.4, -0.2) is 16.5 Å². The fourth-order valence-corrected chi connectivity index (χ4v) is 1.36. The first-order valence-electron chi connectivity index (χ1n) is 4.48. The lowest BCUT2D eigenvalue weighted by atomic mass is 10.3. The van der Waals surface area contributed by atoms with Crippen molar-refractivity contribution in [3.05, 3.63) is 32.8 Å². The van der Waals surface area contributed by atoms with Gasteiger partial charge in [-0.15, -0.1) is 0 Å². The number of rotatable bonds is 4. The summed E-state index contributed by atoms with van der Waals surface area (Å²) in [5.74, 6) is -0.523. The topological polar surface area (TPSA) is 141 Å². The summed E-state index contributed by atoms with van der Waals surface area (Å²) >= 11 is 3.11. The van der Waals surface area contributed by atoms with E-state index >= 15 is 0 Å². The fraction of sp³-hybridized carbons (Fsp3) is 0. The zero-order valence-electron chi connectivity index (χ0n) is 8.85. The molecule has 0 saturated carbocycles. The van der Waals surface area contributed by atoms with Gasteiger partial charge in [0.2, 0.25) is 5.71 Å². The molecule has 1 aromatic rings. The highest BCUT2D eigenvalue weighted by atomic mass is 79.9.